The Morgan fingerprint density at radius 3 is 2.78 bits per heavy atom. The number of anilines is 1. The van der Waals surface area contributed by atoms with E-state index in [1.807, 2.05) is 0 Å². The normalized spacial score (nSPS) is 11.7. The van der Waals surface area contributed by atoms with Crippen molar-refractivity contribution in [3.8, 4) is 0 Å². The van der Waals surface area contributed by atoms with E-state index in [2.05, 4.69) is 15.5 Å². The average molecular weight is 332 g/mol. The molecule has 0 aliphatic carbocycles. The summed E-state index contributed by atoms with van der Waals surface area (Å²) in [5, 5.41) is 14.3. The molecule has 0 fully saturated rings. The van der Waals surface area contributed by atoms with Crippen molar-refractivity contribution in [2.75, 3.05) is 5.43 Å². The van der Waals surface area contributed by atoms with Crippen molar-refractivity contribution < 1.29 is 14.3 Å². The molecule has 5 nitrogen and oxygen atoms in total. The molecule has 3 aromatic rings. The number of carbonyl (C=O) groups is 1. The minimum absolute atomic E-state index is 0.0872. The van der Waals surface area contributed by atoms with Crippen molar-refractivity contribution in [1.82, 2.24) is 4.98 Å². The Morgan fingerprint density at radius 1 is 1.26 bits per heavy atom. The van der Waals surface area contributed by atoms with Crippen LogP contribution in [0.5, 0.6) is 0 Å². The number of rotatable bonds is 4. The van der Waals surface area contributed by atoms with Gasteiger partial charge in [-0.1, -0.05) is 23.7 Å². The van der Waals surface area contributed by atoms with E-state index in [1.54, 1.807) is 24.3 Å². The number of hydrogen-bond donors (Lipinski definition) is 3. The number of nitrogens with one attached hydrogen (secondary N) is 2. The van der Waals surface area contributed by atoms with Crippen molar-refractivity contribution in [3.05, 3.63) is 65.1 Å². The highest BCUT2D eigenvalue weighted by Crippen LogP contribution is 2.23. The molecular weight excluding hydrogens is 321 g/mol. The zero-order valence-electron chi connectivity index (χ0n) is 11.7. The second kappa shape index (κ2) is 6.10. The Balaban J connectivity index is 2.04. The van der Waals surface area contributed by atoms with Gasteiger partial charge >= 0.3 is 5.97 Å². The number of carboxylic acid groups (broad SMARTS) is 1. The number of benzene rings is 2. The Morgan fingerprint density at radius 2 is 2.04 bits per heavy atom. The molecule has 0 spiro atoms. The van der Waals surface area contributed by atoms with Crippen molar-refractivity contribution in [3.63, 3.8) is 0 Å². The third-order valence-corrected chi connectivity index (χ3v) is 3.50. The van der Waals surface area contributed by atoms with Gasteiger partial charge in [0.1, 0.15) is 5.82 Å². The summed E-state index contributed by atoms with van der Waals surface area (Å²) in [6, 6.07) is 10.9. The lowest BCUT2D eigenvalue weighted by Gasteiger charge is -2.04. The minimum atomic E-state index is -1.24. The molecule has 3 rings (SSSR count). The van der Waals surface area contributed by atoms with E-state index in [-0.39, 0.29) is 11.4 Å². The van der Waals surface area contributed by atoms with E-state index in [0.29, 0.717) is 16.0 Å². The molecule has 0 saturated carbocycles. The molecule has 7 heteroatoms. The van der Waals surface area contributed by atoms with E-state index in [1.165, 1.54) is 24.4 Å². The maximum Gasteiger partial charge on any atom is 0.357 e. The minimum Gasteiger partial charge on any atom is -0.476 e. The zero-order chi connectivity index (χ0) is 16.4. The van der Waals surface area contributed by atoms with Crippen molar-refractivity contribution >= 4 is 39.9 Å². The van der Waals surface area contributed by atoms with Gasteiger partial charge in [0.15, 0.2) is 5.71 Å². The first kappa shape index (κ1) is 15.1. The first-order valence-electron chi connectivity index (χ1n) is 6.65. The van der Waals surface area contributed by atoms with Crippen LogP contribution in [0.2, 0.25) is 5.02 Å². The van der Waals surface area contributed by atoms with Gasteiger partial charge in [-0.05, 0) is 30.3 Å². The van der Waals surface area contributed by atoms with Gasteiger partial charge in [-0.2, -0.15) is 5.10 Å². The monoisotopic (exact) mass is 331 g/mol. The average Bonchev–Trinajstić information content (AvgIpc) is 2.92. The molecule has 0 aliphatic rings. The van der Waals surface area contributed by atoms with Crippen LogP contribution in [0, 0.1) is 5.82 Å². The molecule has 0 unspecified atom stereocenters. The fraction of sp³-hybridized carbons (Fsp3) is 0. The molecule has 0 atom stereocenters. The number of hydrazone groups is 1. The number of aliphatic carboxylic acids is 1. The molecule has 3 N–H and O–H groups in total. The maximum atomic E-state index is 13.6. The number of hydrogen-bond acceptors (Lipinski definition) is 3. The summed E-state index contributed by atoms with van der Waals surface area (Å²) < 4.78 is 13.6. The summed E-state index contributed by atoms with van der Waals surface area (Å²) in [4.78, 5) is 14.5. The standard InChI is InChI=1S/C16H11ClFN3O2/c17-9-5-6-13-10(7-9)11(8-19-13)15(16(22)23)21-20-14-4-2-1-3-12(14)18/h1-8,19-20H,(H,22,23)/b21-15-. The molecule has 0 radical (unpaired) electrons. The number of para-hydroxylation sites is 1. The van der Waals surface area contributed by atoms with E-state index in [4.69, 9.17) is 11.6 Å². The summed E-state index contributed by atoms with van der Waals surface area (Å²) in [5.74, 6) is -1.77. The first-order valence-corrected chi connectivity index (χ1v) is 7.02. The largest absolute Gasteiger partial charge is 0.476 e. The summed E-state index contributed by atoms with van der Waals surface area (Å²) in [5.41, 5.74) is 3.37. The number of aromatic amines is 1. The lowest BCUT2D eigenvalue weighted by molar-refractivity contribution is -0.129. The van der Waals surface area contributed by atoms with E-state index in [0.717, 1.165) is 5.52 Å². The van der Waals surface area contributed by atoms with E-state index in [9.17, 15) is 14.3 Å². The van der Waals surface area contributed by atoms with Crippen LogP contribution in [0.15, 0.2) is 53.8 Å². The van der Waals surface area contributed by atoms with E-state index < -0.39 is 11.8 Å². The van der Waals surface area contributed by atoms with Crippen LogP contribution in [0.25, 0.3) is 10.9 Å². The van der Waals surface area contributed by atoms with Gasteiger partial charge in [-0.25, -0.2) is 9.18 Å². The number of nitrogens with zero attached hydrogens (tertiary/aromatic N) is 1. The first-order chi connectivity index (χ1) is 11.1. The van der Waals surface area contributed by atoms with Gasteiger partial charge in [0.05, 0.1) is 5.69 Å². The van der Waals surface area contributed by atoms with Gasteiger partial charge in [-0.3, -0.25) is 5.43 Å². The number of aromatic nitrogens is 1. The predicted octanol–water partition coefficient (Wildman–Crippen LogP) is 3.86. The second-order valence-corrected chi connectivity index (χ2v) is 5.19. The fourth-order valence-electron chi connectivity index (χ4n) is 2.18. The Labute approximate surface area is 135 Å². The highest BCUT2D eigenvalue weighted by Gasteiger charge is 2.18. The second-order valence-electron chi connectivity index (χ2n) is 4.75. The molecule has 116 valence electrons. The van der Waals surface area contributed by atoms with Gasteiger partial charge in [0.2, 0.25) is 0 Å². The van der Waals surface area contributed by atoms with Crippen molar-refractivity contribution in [2.45, 2.75) is 0 Å². The van der Waals surface area contributed by atoms with Crippen LogP contribution in [0.4, 0.5) is 10.1 Å². The van der Waals surface area contributed by atoms with Crippen LogP contribution in [-0.4, -0.2) is 21.8 Å². The summed E-state index contributed by atoms with van der Waals surface area (Å²) in [6.07, 6.45) is 1.52. The molecular formula is C16H11ClFN3O2. The molecule has 0 aliphatic heterocycles. The quantitative estimate of drug-likeness (QED) is 0.502. The van der Waals surface area contributed by atoms with Crippen LogP contribution in [0.1, 0.15) is 5.56 Å². The number of carboxylic acids is 1. The molecule has 23 heavy (non-hydrogen) atoms. The summed E-state index contributed by atoms with van der Waals surface area (Å²) >= 11 is 5.96. The van der Waals surface area contributed by atoms with Crippen LogP contribution in [0.3, 0.4) is 0 Å². The smallest absolute Gasteiger partial charge is 0.357 e. The van der Waals surface area contributed by atoms with Crippen molar-refractivity contribution in [1.29, 1.82) is 0 Å². The van der Waals surface area contributed by atoms with Crippen LogP contribution in [-0.2, 0) is 4.79 Å². The predicted molar refractivity (Wildman–Crippen MR) is 87.5 cm³/mol. The number of halogens is 2. The summed E-state index contributed by atoms with van der Waals surface area (Å²) in [7, 11) is 0. The Kier molecular flexibility index (Phi) is 3.99. The lowest BCUT2D eigenvalue weighted by atomic mass is 10.1. The van der Waals surface area contributed by atoms with Gasteiger partial charge in [-0.15, -0.1) is 0 Å². The topological polar surface area (TPSA) is 77.5 Å². The SMILES string of the molecule is O=C(O)/C(=N\Nc1ccccc1F)c1c[nH]c2ccc(Cl)cc12. The van der Waals surface area contributed by atoms with Crippen LogP contribution >= 0.6 is 11.6 Å². The number of fused-ring (bicyclic) bond motifs is 1. The highest BCUT2D eigenvalue weighted by atomic mass is 35.5. The van der Waals surface area contributed by atoms with Gasteiger partial charge in [0.25, 0.3) is 0 Å². The lowest BCUT2D eigenvalue weighted by Crippen LogP contribution is -2.16. The van der Waals surface area contributed by atoms with Gasteiger partial charge < -0.3 is 10.1 Å². The highest BCUT2D eigenvalue weighted by molar-refractivity contribution is 6.45. The molecule has 1 heterocycles. The number of H-pyrrole nitrogens is 1. The third-order valence-electron chi connectivity index (χ3n) is 3.26. The Hall–Kier alpha value is -2.86. The zero-order valence-corrected chi connectivity index (χ0v) is 12.4. The van der Waals surface area contributed by atoms with E-state index >= 15 is 0 Å². The molecule has 1 aromatic heterocycles. The molecule has 0 saturated heterocycles. The fourth-order valence-corrected chi connectivity index (χ4v) is 2.35. The molecule has 2 aromatic carbocycles. The van der Waals surface area contributed by atoms with Gasteiger partial charge in [0, 0.05) is 27.7 Å². The molecule has 0 bridgehead atoms. The molecule has 0 amide bonds. The summed E-state index contributed by atoms with van der Waals surface area (Å²) in [6.45, 7) is 0. The third kappa shape index (κ3) is 3.02. The maximum absolute atomic E-state index is 13.6. The van der Waals surface area contributed by atoms with Crippen molar-refractivity contribution in [2.24, 2.45) is 5.10 Å². The van der Waals surface area contributed by atoms with Crippen LogP contribution < -0.4 is 5.43 Å². The Bertz CT molecular complexity index is 921.